The van der Waals surface area contributed by atoms with Gasteiger partial charge in [0.1, 0.15) is 5.82 Å². The number of halogens is 1. The highest BCUT2D eigenvalue weighted by Gasteiger charge is 2.30. The van der Waals surface area contributed by atoms with E-state index in [2.05, 4.69) is 34.5 Å². The molecule has 18 heavy (non-hydrogen) atoms. The summed E-state index contributed by atoms with van der Waals surface area (Å²) in [5, 5.41) is 0. The topological polar surface area (TPSA) is 45.8 Å². The van der Waals surface area contributed by atoms with Crippen molar-refractivity contribution < 1.29 is 0 Å². The maximum absolute atomic E-state index is 12.0. The first-order chi connectivity index (χ1) is 8.65. The van der Waals surface area contributed by atoms with Gasteiger partial charge in [0.2, 0.25) is 0 Å². The Labute approximate surface area is 121 Å². The van der Waals surface area contributed by atoms with Gasteiger partial charge in [0.05, 0.1) is 9.26 Å². The molecular formula is C14H19IN2O. The van der Waals surface area contributed by atoms with Crippen LogP contribution >= 0.6 is 22.6 Å². The molecule has 2 fully saturated rings. The van der Waals surface area contributed by atoms with Gasteiger partial charge in [-0.25, -0.2) is 4.98 Å². The van der Waals surface area contributed by atoms with Crippen LogP contribution in [0.4, 0.5) is 0 Å². The molecule has 0 aliphatic heterocycles. The molecule has 0 radical (unpaired) electrons. The highest BCUT2D eigenvalue weighted by atomic mass is 127. The van der Waals surface area contributed by atoms with Crippen LogP contribution in [-0.2, 0) is 0 Å². The smallest absolute Gasteiger partial charge is 0.264 e. The second kappa shape index (κ2) is 4.94. The van der Waals surface area contributed by atoms with Crippen LogP contribution in [0.2, 0.25) is 0 Å². The average molecular weight is 358 g/mol. The lowest BCUT2D eigenvalue weighted by atomic mass is 9.82. The summed E-state index contributed by atoms with van der Waals surface area (Å²) < 4.78 is 0.808. The second-order valence-corrected chi connectivity index (χ2v) is 6.96. The van der Waals surface area contributed by atoms with Crippen LogP contribution in [0, 0.1) is 9.49 Å². The average Bonchev–Trinajstić information content (AvgIpc) is 3.18. The van der Waals surface area contributed by atoms with Crippen LogP contribution in [0.1, 0.15) is 68.8 Å². The lowest BCUT2D eigenvalue weighted by Gasteiger charge is -2.25. The van der Waals surface area contributed by atoms with Gasteiger partial charge in [-0.3, -0.25) is 4.79 Å². The first-order valence-corrected chi connectivity index (χ1v) is 8.02. The largest absolute Gasteiger partial charge is 0.309 e. The lowest BCUT2D eigenvalue weighted by Crippen LogP contribution is -2.22. The summed E-state index contributed by atoms with van der Waals surface area (Å²) in [5.74, 6) is 2.82. The van der Waals surface area contributed by atoms with E-state index in [4.69, 9.17) is 4.98 Å². The Morgan fingerprint density at radius 2 is 1.72 bits per heavy atom. The van der Waals surface area contributed by atoms with E-state index in [9.17, 15) is 4.79 Å². The molecule has 0 atom stereocenters. The van der Waals surface area contributed by atoms with Crippen molar-refractivity contribution in [1.82, 2.24) is 9.97 Å². The molecular weight excluding hydrogens is 339 g/mol. The minimum absolute atomic E-state index is 0.0705. The Kier molecular flexibility index (Phi) is 3.47. The summed E-state index contributed by atoms with van der Waals surface area (Å²) in [5.41, 5.74) is 1.13. The van der Waals surface area contributed by atoms with Gasteiger partial charge in [-0.15, -0.1) is 0 Å². The van der Waals surface area contributed by atoms with Crippen LogP contribution in [-0.4, -0.2) is 9.97 Å². The van der Waals surface area contributed by atoms with Crippen molar-refractivity contribution in [1.29, 1.82) is 0 Å². The fourth-order valence-corrected chi connectivity index (χ4v) is 3.54. The Balaban J connectivity index is 1.90. The first-order valence-electron chi connectivity index (χ1n) is 6.94. The highest BCUT2D eigenvalue weighted by molar-refractivity contribution is 14.1. The maximum atomic E-state index is 12.0. The van der Waals surface area contributed by atoms with Gasteiger partial charge in [-0.1, -0.05) is 19.8 Å². The van der Waals surface area contributed by atoms with E-state index in [1.807, 2.05) is 0 Å². The predicted octanol–water partition coefficient (Wildman–Crippen LogP) is 3.55. The van der Waals surface area contributed by atoms with Gasteiger partial charge in [-0.2, -0.15) is 0 Å². The van der Waals surface area contributed by atoms with Crippen molar-refractivity contribution in [2.45, 2.75) is 57.3 Å². The molecule has 0 spiro atoms. The Bertz CT molecular complexity index is 499. The summed E-state index contributed by atoms with van der Waals surface area (Å²) in [6, 6.07) is 0. The molecule has 1 aromatic rings. The number of H-pyrrole nitrogens is 1. The molecule has 0 saturated heterocycles. The summed E-state index contributed by atoms with van der Waals surface area (Å²) in [4.78, 5) is 19.8. The van der Waals surface area contributed by atoms with E-state index in [0.717, 1.165) is 21.0 Å². The zero-order valence-electron chi connectivity index (χ0n) is 10.7. The Hall–Kier alpha value is -0.390. The van der Waals surface area contributed by atoms with Crippen molar-refractivity contribution in [2.24, 2.45) is 5.92 Å². The fourth-order valence-electron chi connectivity index (χ4n) is 2.85. The molecule has 0 unspecified atom stereocenters. The summed E-state index contributed by atoms with van der Waals surface area (Å²) in [6.45, 7) is 2.32. The van der Waals surface area contributed by atoms with Gasteiger partial charge >= 0.3 is 0 Å². The number of nitrogens with one attached hydrogen (secondary N) is 1. The van der Waals surface area contributed by atoms with Gasteiger partial charge in [-0.05, 0) is 54.2 Å². The van der Waals surface area contributed by atoms with Crippen molar-refractivity contribution in [2.75, 3.05) is 0 Å². The van der Waals surface area contributed by atoms with Crippen molar-refractivity contribution in [3.05, 3.63) is 25.4 Å². The summed E-state index contributed by atoms with van der Waals surface area (Å²) in [6.07, 6.45) is 7.28. The molecule has 2 aliphatic carbocycles. The summed E-state index contributed by atoms with van der Waals surface area (Å²) in [7, 11) is 0. The molecule has 98 valence electrons. The van der Waals surface area contributed by atoms with E-state index in [1.54, 1.807) is 0 Å². The van der Waals surface area contributed by atoms with E-state index in [0.29, 0.717) is 11.8 Å². The first kappa shape index (κ1) is 12.6. The van der Waals surface area contributed by atoms with Crippen LogP contribution < -0.4 is 5.56 Å². The fraction of sp³-hybridized carbons (Fsp3) is 0.714. The number of aromatic nitrogens is 2. The van der Waals surface area contributed by atoms with Gasteiger partial charge in [0.15, 0.2) is 0 Å². The number of hydrogen-bond acceptors (Lipinski definition) is 2. The third-order valence-corrected chi connectivity index (χ3v) is 5.32. The highest BCUT2D eigenvalue weighted by Crippen LogP contribution is 2.41. The zero-order chi connectivity index (χ0) is 12.7. The molecule has 1 aromatic heterocycles. The van der Waals surface area contributed by atoms with Crippen LogP contribution in [0.15, 0.2) is 4.79 Å². The molecule has 1 heterocycles. The van der Waals surface area contributed by atoms with Gasteiger partial charge in [0, 0.05) is 11.8 Å². The molecule has 2 saturated carbocycles. The molecule has 3 rings (SSSR count). The van der Waals surface area contributed by atoms with E-state index in [1.165, 1.54) is 38.5 Å². The SMILES string of the molecule is CC1CCC(c2nc(C3CC3)c(I)c(=O)[nH]2)CC1. The van der Waals surface area contributed by atoms with Crippen LogP contribution in [0.3, 0.4) is 0 Å². The maximum Gasteiger partial charge on any atom is 0.264 e. The number of rotatable bonds is 2. The second-order valence-electron chi connectivity index (χ2n) is 5.88. The van der Waals surface area contributed by atoms with Crippen molar-refractivity contribution >= 4 is 22.6 Å². The molecule has 0 bridgehead atoms. The van der Waals surface area contributed by atoms with Gasteiger partial charge < -0.3 is 4.98 Å². The lowest BCUT2D eigenvalue weighted by molar-refractivity contribution is 0.338. The standard InChI is InChI=1S/C14H19IN2O/c1-8-2-4-10(5-3-8)13-16-12(9-6-7-9)11(15)14(18)17-13/h8-10H,2-7H2,1H3,(H,16,17,18). The minimum Gasteiger partial charge on any atom is -0.309 e. The number of aromatic amines is 1. The molecule has 1 N–H and O–H groups in total. The third-order valence-electron chi connectivity index (χ3n) is 4.27. The number of hydrogen-bond donors (Lipinski definition) is 1. The van der Waals surface area contributed by atoms with E-state index in [-0.39, 0.29) is 5.56 Å². The minimum atomic E-state index is 0.0705. The number of nitrogens with zero attached hydrogens (tertiary/aromatic N) is 1. The molecule has 2 aliphatic rings. The van der Waals surface area contributed by atoms with Gasteiger partial charge in [0.25, 0.3) is 5.56 Å². The van der Waals surface area contributed by atoms with Crippen LogP contribution in [0.25, 0.3) is 0 Å². The molecule has 0 amide bonds. The Morgan fingerprint density at radius 1 is 1.11 bits per heavy atom. The zero-order valence-corrected chi connectivity index (χ0v) is 12.9. The molecule has 0 aromatic carbocycles. The molecule has 4 heteroatoms. The van der Waals surface area contributed by atoms with Crippen LogP contribution in [0.5, 0.6) is 0 Å². The predicted molar refractivity (Wildman–Crippen MR) is 79.9 cm³/mol. The normalized spacial score (nSPS) is 28.3. The van der Waals surface area contributed by atoms with Crippen molar-refractivity contribution in [3.8, 4) is 0 Å². The van der Waals surface area contributed by atoms with E-state index >= 15 is 0 Å². The summed E-state index contributed by atoms with van der Waals surface area (Å²) >= 11 is 2.14. The van der Waals surface area contributed by atoms with Crippen molar-refractivity contribution in [3.63, 3.8) is 0 Å². The van der Waals surface area contributed by atoms with E-state index < -0.39 is 0 Å². The Morgan fingerprint density at radius 3 is 2.33 bits per heavy atom. The monoisotopic (exact) mass is 358 g/mol. The molecule has 3 nitrogen and oxygen atoms in total. The quantitative estimate of drug-likeness (QED) is 0.822. The third kappa shape index (κ3) is 2.49.